The second-order valence-electron chi connectivity index (χ2n) is 3.63. The number of nitrogens with zero attached hydrogens (tertiary/aromatic N) is 4. The molecule has 0 aliphatic rings. The summed E-state index contributed by atoms with van der Waals surface area (Å²) in [6.07, 6.45) is 0. The molecule has 2 aromatic rings. The Balaban J connectivity index is 2.11. The van der Waals surface area contributed by atoms with Crippen molar-refractivity contribution >= 4 is 5.69 Å². The highest BCUT2D eigenvalue weighted by Crippen LogP contribution is 2.18. The van der Waals surface area contributed by atoms with E-state index >= 15 is 0 Å². The van der Waals surface area contributed by atoms with E-state index in [-0.39, 0.29) is 17.8 Å². The first-order chi connectivity index (χ1) is 8.06. The molecule has 5 nitrogen and oxygen atoms in total. The third-order valence-electron chi connectivity index (χ3n) is 2.24. The van der Waals surface area contributed by atoms with Crippen LogP contribution in [0.2, 0.25) is 0 Å². The fourth-order valence-corrected chi connectivity index (χ4v) is 1.35. The zero-order valence-corrected chi connectivity index (χ0v) is 9.41. The lowest BCUT2D eigenvalue weighted by atomic mass is 10.2. The van der Waals surface area contributed by atoms with Gasteiger partial charge in [0.2, 0.25) is 0 Å². The average molecular weight is 239 g/mol. The maximum absolute atomic E-state index is 13.4. The molecule has 0 fully saturated rings. The highest BCUT2D eigenvalue weighted by atomic mass is 19.1. The van der Waals surface area contributed by atoms with Crippen LogP contribution in [0.4, 0.5) is 14.5 Å². The van der Waals surface area contributed by atoms with Gasteiger partial charge in [0.15, 0.2) is 5.82 Å². The molecule has 7 heteroatoms. The van der Waals surface area contributed by atoms with Crippen molar-refractivity contribution in [2.45, 2.75) is 13.5 Å². The smallest absolute Gasteiger partial charge is 0.193 e. The van der Waals surface area contributed by atoms with Crippen LogP contribution in [-0.4, -0.2) is 20.2 Å². The van der Waals surface area contributed by atoms with Gasteiger partial charge in [-0.2, -0.15) is 4.80 Å². The molecule has 1 aromatic carbocycles. The van der Waals surface area contributed by atoms with Gasteiger partial charge in [-0.3, -0.25) is 0 Å². The van der Waals surface area contributed by atoms with E-state index in [1.165, 1.54) is 11.7 Å². The van der Waals surface area contributed by atoms with Gasteiger partial charge >= 0.3 is 0 Å². The zero-order valence-electron chi connectivity index (χ0n) is 9.41. The minimum atomic E-state index is -0.507. The zero-order chi connectivity index (χ0) is 12.4. The van der Waals surface area contributed by atoms with Crippen molar-refractivity contribution in [2.24, 2.45) is 7.05 Å². The molecule has 1 N–H and O–H groups in total. The van der Waals surface area contributed by atoms with E-state index in [1.807, 2.05) is 0 Å². The molecule has 17 heavy (non-hydrogen) atoms. The Bertz CT molecular complexity index is 537. The summed E-state index contributed by atoms with van der Waals surface area (Å²) in [7, 11) is 1.63. The van der Waals surface area contributed by atoms with E-state index in [1.54, 1.807) is 7.05 Å². The monoisotopic (exact) mass is 239 g/mol. The van der Waals surface area contributed by atoms with Gasteiger partial charge in [0.25, 0.3) is 0 Å². The number of anilines is 1. The molecule has 1 aromatic heterocycles. The molecule has 0 bridgehead atoms. The molecule has 90 valence electrons. The van der Waals surface area contributed by atoms with Crippen molar-refractivity contribution in [3.8, 4) is 0 Å². The second-order valence-corrected chi connectivity index (χ2v) is 3.63. The number of tetrazole rings is 1. The Morgan fingerprint density at radius 1 is 1.29 bits per heavy atom. The van der Waals surface area contributed by atoms with Crippen LogP contribution >= 0.6 is 0 Å². The minimum absolute atomic E-state index is 0.0838. The van der Waals surface area contributed by atoms with Gasteiger partial charge in [-0.25, -0.2) is 8.78 Å². The summed E-state index contributed by atoms with van der Waals surface area (Å²) in [6.45, 7) is 1.69. The topological polar surface area (TPSA) is 55.6 Å². The van der Waals surface area contributed by atoms with Crippen molar-refractivity contribution in [1.29, 1.82) is 0 Å². The third kappa shape index (κ3) is 2.55. The summed E-state index contributed by atoms with van der Waals surface area (Å²) < 4.78 is 26.7. The highest BCUT2D eigenvalue weighted by molar-refractivity contribution is 5.46. The second kappa shape index (κ2) is 4.44. The largest absolute Gasteiger partial charge is 0.375 e. The van der Waals surface area contributed by atoms with Crippen molar-refractivity contribution in [2.75, 3.05) is 5.32 Å². The standard InChI is InChI=1S/C10H11F2N5/c1-6-3-8(12)9(4-7(6)11)13-5-10-14-16-17(2)15-10/h3-4,13H,5H2,1-2H3. The molecule has 1 heterocycles. The summed E-state index contributed by atoms with van der Waals surface area (Å²) in [5.41, 5.74) is 0.353. The number of hydrogen-bond acceptors (Lipinski definition) is 4. The Kier molecular flexibility index (Phi) is 2.99. The Labute approximate surface area is 96.4 Å². The van der Waals surface area contributed by atoms with Gasteiger partial charge in [-0.1, -0.05) is 0 Å². The Morgan fingerprint density at radius 3 is 2.71 bits per heavy atom. The summed E-state index contributed by atoms with van der Waals surface area (Å²) >= 11 is 0. The molecular weight excluding hydrogens is 228 g/mol. The van der Waals surface area contributed by atoms with Gasteiger partial charge in [0.05, 0.1) is 19.3 Å². The van der Waals surface area contributed by atoms with Crippen LogP contribution in [0.5, 0.6) is 0 Å². The van der Waals surface area contributed by atoms with E-state index in [0.717, 1.165) is 12.1 Å². The fraction of sp³-hybridized carbons (Fsp3) is 0.300. The van der Waals surface area contributed by atoms with Crippen molar-refractivity contribution < 1.29 is 8.78 Å². The quantitative estimate of drug-likeness (QED) is 0.879. The molecule has 0 aliphatic carbocycles. The van der Waals surface area contributed by atoms with Crippen LogP contribution in [0.25, 0.3) is 0 Å². The van der Waals surface area contributed by atoms with Gasteiger partial charge in [-0.15, -0.1) is 10.2 Å². The van der Waals surface area contributed by atoms with Crippen LogP contribution in [0.15, 0.2) is 12.1 Å². The summed E-state index contributed by atoms with van der Waals surface area (Å²) in [4.78, 5) is 1.29. The number of halogens is 2. The molecule has 0 unspecified atom stereocenters. The minimum Gasteiger partial charge on any atom is -0.375 e. The maximum atomic E-state index is 13.4. The highest BCUT2D eigenvalue weighted by Gasteiger charge is 2.08. The molecule has 0 radical (unpaired) electrons. The summed E-state index contributed by atoms with van der Waals surface area (Å²) in [5, 5.41) is 14.0. The fourth-order valence-electron chi connectivity index (χ4n) is 1.35. The lowest BCUT2D eigenvalue weighted by molar-refractivity contribution is 0.594. The summed E-state index contributed by atoms with van der Waals surface area (Å²) in [5.74, 6) is -0.554. The first kappa shape index (κ1) is 11.4. The van der Waals surface area contributed by atoms with Gasteiger partial charge < -0.3 is 5.32 Å². The predicted octanol–water partition coefficient (Wildman–Crippen LogP) is 1.41. The normalized spacial score (nSPS) is 10.6. The van der Waals surface area contributed by atoms with E-state index in [2.05, 4.69) is 20.7 Å². The lowest BCUT2D eigenvalue weighted by Gasteiger charge is -2.06. The first-order valence-corrected chi connectivity index (χ1v) is 4.98. The van der Waals surface area contributed by atoms with Crippen LogP contribution in [0.3, 0.4) is 0 Å². The van der Waals surface area contributed by atoms with Crippen LogP contribution in [0, 0.1) is 18.6 Å². The lowest BCUT2D eigenvalue weighted by Crippen LogP contribution is -2.04. The van der Waals surface area contributed by atoms with E-state index in [0.29, 0.717) is 5.82 Å². The molecule has 0 saturated heterocycles. The first-order valence-electron chi connectivity index (χ1n) is 4.98. The number of benzene rings is 1. The Hall–Kier alpha value is -2.05. The average Bonchev–Trinajstić information content (AvgIpc) is 2.68. The molecule has 0 saturated carbocycles. The van der Waals surface area contributed by atoms with E-state index < -0.39 is 11.6 Å². The molecule has 0 aliphatic heterocycles. The molecule has 2 rings (SSSR count). The maximum Gasteiger partial charge on any atom is 0.193 e. The van der Waals surface area contributed by atoms with Gasteiger partial charge in [0.1, 0.15) is 11.6 Å². The number of aromatic nitrogens is 4. The van der Waals surface area contributed by atoms with E-state index in [9.17, 15) is 8.78 Å². The number of hydrogen-bond donors (Lipinski definition) is 1. The molecule has 0 spiro atoms. The van der Waals surface area contributed by atoms with Crippen LogP contribution < -0.4 is 5.32 Å². The van der Waals surface area contributed by atoms with Crippen molar-refractivity contribution in [3.05, 3.63) is 35.2 Å². The number of nitrogens with one attached hydrogen (secondary N) is 1. The Morgan fingerprint density at radius 2 is 2.06 bits per heavy atom. The predicted molar refractivity (Wildman–Crippen MR) is 57.2 cm³/mol. The third-order valence-corrected chi connectivity index (χ3v) is 2.24. The van der Waals surface area contributed by atoms with Crippen molar-refractivity contribution in [3.63, 3.8) is 0 Å². The number of rotatable bonds is 3. The van der Waals surface area contributed by atoms with Crippen LogP contribution in [0.1, 0.15) is 11.4 Å². The van der Waals surface area contributed by atoms with Gasteiger partial charge in [0, 0.05) is 6.07 Å². The van der Waals surface area contributed by atoms with Crippen molar-refractivity contribution in [1.82, 2.24) is 20.2 Å². The molecule has 0 atom stereocenters. The molecular formula is C10H11F2N5. The number of aryl methyl sites for hydroxylation is 2. The van der Waals surface area contributed by atoms with Crippen LogP contribution in [-0.2, 0) is 13.6 Å². The SMILES string of the molecule is Cc1cc(F)c(NCc2nnn(C)n2)cc1F. The van der Waals surface area contributed by atoms with Gasteiger partial charge in [-0.05, 0) is 23.8 Å². The summed E-state index contributed by atoms with van der Waals surface area (Å²) in [6, 6.07) is 2.25. The van der Waals surface area contributed by atoms with E-state index in [4.69, 9.17) is 0 Å². The molecule has 0 amide bonds.